The van der Waals surface area contributed by atoms with Crippen LogP contribution in [0.5, 0.6) is 0 Å². The Bertz CT molecular complexity index is 355. The molecule has 0 unspecified atom stereocenters. The molecule has 2 saturated carbocycles. The van der Waals surface area contributed by atoms with Crippen LogP contribution in [0, 0.1) is 35.5 Å². The van der Waals surface area contributed by atoms with E-state index in [1.54, 1.807) is 0 Å². The van der Waals surface area contributed by atoms with E-state index >= 15 is 0 Å². The van der Waals surface area contributed by atoms with Crippen LogP contribution >= 0.6 is 0 Å². The maximum Gasteiger partial charge on any atom is 0.0203 e. The molecule has 0 saturated heterocycles. The van der Waals surface area contributed by atoms with Gasteiger partial charge < -0.3 is 0 Å². The van der Waals surface area contributed by atoms with E-state index in [9.17, 15) is 0 Å². The maximum absolute atomic E-state index is 3.69. The second-order valence-corrected chi connectivity index (χ2v) is 8.72. The molecule has 138 valence electrons. The van der Waals surface area contributed by atoms with Crippen LogP contribution in [0.25, 0.3) is 0 Å². The Kier molecular flexibility index (Phi) is 9.94. The molecule has 2 rings (SSSR count). The lowest BCUT2D eigenvalue weighted by Gasteiger charge is -2.27. The highest BCUT2D eigenvalue weighted by molar-refractivity contribution is 5.09. The summed E-state index contributed by atoms with van der Waals surface area (Å²) >= 11 is 0. The minimum atomic E-state index is 0.731. The Labute approximate surface area is 152 Å². The van der Waals surface area contributed by atoms with E-state index in [0.29, 0.717) is 0 Å². The van der Waals surface area contributed by atoms with Crippen molar-refractivity contribution in [3.63, 3.8) is 0 Å². The first-order chi connectivity index (χ1) is 11.8. The number of hydrogen-bond donors (Lipinski definition) is 0. The molecule has 0 heterocycles. The topological polar surface area (TPSA) is 0 Å². The lowest BCUT2D eigenvalue weighted by molar-refractivity contribution is 0.290. The Balaban J connectivity index is 1.57. The largest absolute Gasteiger partial charge is 0.0996 e. The van der Waals surface area contributed by atoms with E-state index in [0.717, 1.165) is 23.7 Å². The first-order valence-electron chi connectivity index (χ1n) is 11.3. The van der Waals surface area contributed by atoms with Gasteiger partial charge in [0.2, 0.25) is 0 Å². The molecule has 0 spiro atoms. The lowest BCUT2D eigenvalue weighted by Crippen LogP contribution is -2.15. The van der Waals surface area contributed by atoms with Crippen molar-refractivity contribution in [2.75, 3.05) is 0 Å². The second-order valence-electron chi connectivity index (χ2n) is 8.72. The highest BCUT2D eigenvalue weighted by atomic mass is 14.3. The summed E-state index contributed by atoms with van der Waals surface area (Å²) in [6, 6.07) is 0. The summed E-state index contributed by atoms with van der Waals surface area (Å²) in [7, 11) is 0. The van der Waals surface area contributed by atoms with Gasteiger partial charge in [-0.25, -0.2) is 0 Å². The molecule has 0 radical (unpaired) electrons. The zero-order chi connectivity index (χ0) is 17.0. The first kappa shape index (κ1) is 19.9. The predicted molar refractivity (Wildman–Crippen MR) is 107 cm³/mol. The average Bonchev–Trinajstić information content (AvgIpc) is 2.62. The summed E-state index contributed by atoms with van der Waals surface area (Å²) in [5.41, 5.74) is 0. The van der Waals surface area contributed by atoms with Crippen molar-refractivity contribution >= 4 is 0 Å². The van der Waals surface area contributed by atoms with Crippen molar-refractivity contribution in [2.24, 2.45) is 23.7 Å². The monoisotopic (exact) mass is 330 g/mol. The normalized spacial score (nSPS) is 30.6. The summed E-state index contributed by atoms with van der Waals surface area (Å²) in [4.78, 5) is 0. The van der Waals surface area contributed by atoms with E-state index in [4.69, 9.17) is 0 Å². The molecular weight excluding hydrogens is 288 g/mol. The van der Waals surface area contributed by atoms with Crippen molar-refractivity contribution in [2.45, 2.75) is 117 Å². The van der Waals surface area contributed by atoms with Crippen LogP contribution in [0.1, 0.15) is 117 Å². The molecule has 0 aliphatic heterocycles. The van der Waals surface area contributed by atoms with E-state index in [2.05, 4.69) is 25.7 Å². The van der Waals surface area contributed by atoms with Gasteiger partial charge in [-0.2, -0.15) is 0 Å². The lowest BCUT2D eigenvalue weighted by atomic mass is 9.78. The van der Waals surface area contributed by atoms with Gasteiger partial charge in [0.1, 0.15) is 0 Å². The van der Waals surface area contributed by atoms with E-state index in [1.807, 2.05) is 0 Å². The molecule has 0 aromatic rings. The van der Waals surface area contributed by atoms with Crippen LogP contribution in [0.4, 0.5) is 0 Å². The van der Waals surface area contributed by atoms with E-state index in [-0.39, 0.29) is 0 Å². The van der Waals surface area contributed by atoms with Gasteiger partial charge in [-0.15, -0.1) is 0 Å². The number of hydrogen-bond acceptors (Lipinski definition) is 0. The van der Waals surface area contributed by atoms with Crippen molar-refractivity contribution < 1.29 is 0 Å². The van der Waals surface area contributed by atoms with E-state index in [1.165, 1.54) is 103 Å². The van der Waals surface area contributed by atoms with Crippen LogP contribution in [-0.4, -0.2) is 0 Å². The summed E-state index contributed by atoms with van der Waals surface area (Å²) in [5, 5.41) is 0. The van der Waals surface area contributed by atoms with Crippen LogP contribution in [0.15, 0.2) is 0 Å². The van der Waals surface area contributed by atoms with Crippen molar-refractivity contribution in [1.82, 2.24) is 0 Å². The van der Waals surface area contributed by atoms with Gasteiger partial charge in [0.15, 0.2) is 0 Å². The second kappa shape index (κ2) is 12.0. The van der Waals surface area contributed by atoms with Crippen molar-refractivity contribution in [3.05, 3.63) is 0 Å². The fourth-order valence-electron chi connectivity index (χ4n) is 4.87. The third-order valence-corrected chi connectivity index (χ3v) is 6.60. The molecule has 0 aromatic heterocycles. The first-order valence-corrected chi connectivity index (χ1v) is 11.3. The molecular formula is C24H42. The van der Waals surface area contributed by atoms with Crippen molar-refractivity contribution in [1.29, 1.82) is 0 Å². The summed E-state index contributed by atoms with van der Waals surface area (Å²) in [5.74, 6) is 10.9. The fourth-order valence-corrected chi connectivity index (χ4v) is 4.87. The highest BCUT2D eigenvalue weighted by Crippen LogP contribution is 2.33. The smallest absolute Gasteiger partial charge is 0.0203 e. The standard InChI is InChI=1S/C24H42/c1-3-5-6-7-8-10-22-13-17-24(18-14-22)20-19-23-15-11-21(9-4-2)12-16-23/h21-24H,3-18H2,1-2H3/t21-,22-,23-,24-. The average molecular weight is 331 g/mol. The maximum atomic E-state index is 3.69. The SMILES string of the molecule is CCCCCCC[C@H]1CC[C@H](C#C[C@H]2CC[C@H](CCC)CC2)CC1. The molecule has 2 aliphatic carbocycles. The van der Waals surface area contributed by atoms with E-state index < -0.39 is 0 Å². The molecule has 2 aliphatic rings. The van der Waals surface area contributed by atoms with Crippen LogP contribution in [-0.2, 0) is 0 Å². The fraction of sp³-hybridized carbons (Fsp3) is 0.917. The Morgan fingerprint density at radius 1 is 0.542 bits per heavy atom. The zero-order valence-electron chi connectivity index (χ0n) is 16.6. The van der Waals surface area contributed by atoms with Gasteiger partial charge in [-0.1, -0.05) is 77.1 Å². The zero-order valence-corrected chi connectivity index (χ0v) is 16.6. The molecule has 0 bridgehead atoms. The third kappa shape index (κ3) is 7.63. The minimum Gasteiger partial charge on any atom is -0.0996 e. The Hall–Kier alpha value is -0.440. The molecule has 2 fully saturated rings. The molecule has 0 aromatic carbocycles. The van der Waals surface area contributed by atoms with Gasteiger partial charge in [-0.3, -0.25) is 0 Å². The molecule has 24 heavy (non-hydrogen) atoms. The Morgan fingerprint density at radius 3 is 1.54 bits per heavy atom. The minimum absolute atomic E-state index is 0.731. The summed E-state index contributed by atoms with van der Waals surface area (Å²) < 4.78 is 0. The summed E-state index contributed by atoms with van der Waals surface area (Å²) in [6.45, 7) is 4.63. The molecule has 0 atom stereocenters. The van der Waals surface area contributed by atoms with Crippen molar-refractivity contribution in [3.8, 4) is 11.8 Å². The van der Waals surface area contributed by atoms with Gasteiger partial charge in [0, 0.05) is 11.8 Å². The quantitative estimate of drug-likeness (QED) is 0.315. The number of unbranched alkanes of at least 4 members (excludes halogenated alkanes) is 4. The van der Waals surface area contributed by atoms with Crippen LogP contribution < -0.4 is 0 Å². The molecule has 0 amide bonds. The molecule has 0 nitrogen and oxygen atoms in total. The van der Waals surface area contributed by atoms with Gasteiger partial charge in [0.25, 0.3) is 0 Å². The van der Waals surface area contributed by atoms with Gasteiger partial charge in [0.05, 0.1) is 0 Å². The van der Waals surface area contributed by atoms with Crippen LogP contribution in [0.3, 0.4) is 0 Å². The predicted octanol–water partition coefficient (Wildman–Crippen LogP) is 7.76. The third-order valence-electron chi connectivity index (χ3n) is 6.60. The molecule has 0 N–H and O–H groups in total. The van der Waals surface area contributed by atoms with Crippen LogP contribution in [0.2, 0.25) is 0 Å². The molecule has 0 heteroatoms. The number of rotatable bonds is 8. The van der Waals surface area contributed by atoms with Gasteiger partial charge in [-0.05, 0) is 63.2 Å². The Morgan fingerprint density at radius 2 is 1.04 bits per heavy atom. The summed E-state index contributed by atoms with van der Waals surface area (Å²) in [6.07, 6.45) is 22.8. The van der Waals surface area contributed by atoms with Gasteiger partial charge >= 0.3 is 0 Å². The highest BCUT2D eigenvalue weighted by Gasteiger charge is 2.21.